The van der Waals surface area contributed by atoms with Gasteiger partial charge < -0.3 is 10.2 Å². The van der Waals surface area contributed by atoms with Gasteiger partial charge >= 0.3 is 0 Å². The van der Waals surface area contributed by atoms with Crippen molar-refractivity contribution >= 4 is 32.4 Å². The smallest absolute Gasteiger partial charge is 0.183 e. The molecule has 2 bridgehead atoms. The minimum absolute atomic E-state index is 0.825. The number of hydrogen-bond acceptors (Lipinski definition) is 4. The molecule has 0 saturated carbocycles. The fourth-order valence-corrected chi connectivity index (χ4v) is 4.41. The lowest BCUT2D eigenvalue weighted by molar-refractivity contribution is 0.139. The highest BCUT2D eigenvalue weighted by Crippen LogP contribution is 2.37. The number of fused-ring (bicyclic) bond motifs is 2. The number of anilines is 1. The third-order valence-electron chi connectivity index (χ3n) is 4.21. The number of aromatic nitrogens is 1. The van der Waals surface area contributed by atoms with Crippen LogP contribution in [0, 0.1) is 5.92 Å². The summed E-state index contributed by atoms with van der Waals surface area (Å²) in [6.07, 6.45) is 5.51. The van der Waals surface area contributed by atoms with E-state index in [0.717, 1.165) is 34.3 Å². The fraction of sp³-hybridized carbons (Fsp3) is 0.750. The first-order valence-electron chi connectivity index (χ1n) is 6.29. The van der Waals surface area contributed by atoms with Crippen LogP contribution in [0.3, 0.4) is 0 Å². The zero-order valence-corrected chi connectivity index (χ0v) is 12.4. The minimum atomic E-state index is 0.825. The van der Waals surface area contributed by atoms with Crippen LogP contribution in [0.2, 0.25) is 0 Å². The molecule has 0 spiro atoms. The van der Waals surface area contributed by atoms with Crippen molar-refractivity contribution in [3.63, 3.8) is 0 Å². The Morgan fingerprint density at radius 2 is 2.18 bits per heavy atom. The van der Waals surface area contributed by atoms with Crippen molar-refractivity contribution in [1.29, 1.82) is 0 Å². The van der Waals surface area contributed by atoms with Crippen molar-refractivity contribution in [2.24, 2.45) is 5.92 Å². The largest absolute Gasteiger partial charge is 0.361 e. The number of piperidine rings is 1. The molecule has 5 heteroatoms. The molecule has 0 aliphatic carbocycles. The van der Waals surface area contributed by atoms with Crippen LogP contribution < -0.4 is 5.32 Å². The average molecular weight is 316 g/mol. The molecule has 3 heterocycles. The van der Waals surface area contributed by atoms with E-state index >= 15 is 0 Å². The standard InChI is InChI=1S/C12H18BrN3S/c1-16-9-2-3-10(16)5-8(4-9)6-14-12-15-11(13)7-17-12/h7-10H,2-6H2,1H3,(H,14,15). The lowest BCUT2D eigenvalue weighted by Gasteiger charge is -2.36. The molecule has 2 saturated heterocycles. The number of halogens is 1. The Kier molecular flexibility index (Phi) is 3.41. The van der Waals surface area contributed by atoms with E-state index in [4.69, 9.17) is 0 Å². The summed E-state index contributed by atoms with van der Waals surface area (Å²) in [5, 5.41) is 6.55. The molecule has 17 heavy (non-hydrogen) atoms. The van der Waals surface area contributed by atoms with Crippen LogP contribution in [0.15, 0.2) is 9.98 Å². The molecule has 2 unspecified atom stereocenters. The predicted octanol–water partition coefficient (Wildman–Crippen LogP) is 3.19. The molecule has 2 fully saturated rings. The van der Waals surface area contributed by atoms with Gasteiger partial charge in [0.2, 0.25) is 0 Å². The van der Waals surface area contributed by atoms with Gasteiger partial charge in [-0.1, -0.05) is 0 Å². The molecule has 2 aliphatic rings. The average Bonchev–Trinajstić information content (AvgIpc) is 2.78. The summed E-state index contributed by atoms with van der Waals surface area (Å²) in [4.78, 5) is 6.97. The van der Waals surface area contributed by atoms with Crippen LogP contribution in [-0.2, 0) is 0 Å². The molecule has 94 valence electrons. The molecule has 2 atom stereocenters. The van der Waals surface area contributed by atoms with Gasteiger partial charge in [-0.3, -0.25) is 0 Å². The molecule has 0 aromatic carbocycles. The normalized spacial score (nSPS) is 32.9. The third kappa shape index (κ3) is 2.51. The Morgan fingerprint density at radius 3 is 2.76 bits per heavy atom. The van der Waals surface area contributed by atoms with E-state index in [1.165, 1.54) is 25.7 Å². The van der Waals surface area contributed by atoms with Gasteiger partial charge in [-0.2, -0.15) is 0 Å². The van der Waals surface area contributed by atoms with Crippen molar-refractivity contribution in [2.45, 2.75) is 37.8 Å². The highest BCUT2D eigenvalue weighted by Gasteiger charge is 2.38. The molecule has 0 amide bonds. The van der Waals surface area contributed by atoms with Gasteiger partial charge in [0.05, 0.1) is 0 Å². The third-order valence-corrected chi connectivity index (χ3v) is 5.72. The van der Waals surface area contributed by atoms with Crippen molar-refractivity contribution < 1.29 is 0 Å². The monoisotopic (exact) mass is 315 g/mol. The van der Waals surface area contributed by atoms with Crippen molar-refractivity contribution in [1.82, 2.24) is 9.88 Å². The molecule has 3 rings (SSSR count). The summed E-state index contributed by atoms with van der Waals surface area (Å²) in [5.74, 6) is 0.825. The number of thiazole rings is 1. The fourth-order valence-electron chi connectivity index (χ4n) is 3.26. The van der Waals surface area contributed by atoms with Gasteiger partial charge in [0, 0.05) is 24.0 Å². The van der Waals surface area contributed by atoms with E-state index in [1.807, 2.05) is 5.38 Å². The summed E-state index contributed by atoms with van der Waals surface area (Å²) < 4.78 is 0.938. The summed E-state index contributed by atoms with van der Waals surface area (Å²) in [6.45, 7) is 1.08. The van der Waals surface area contributed by atoms with E-state index in [-0.39, 0.29) is 0 Å². The molecule has 1 aromatic rings. The SMILES string of the molecule is CN1C2CCC1CC(CNc1nc(Br)cs1)C2. The van der Waals surface area contributed by atoms with E-state index in [1.54, 1.807) is 11.3 Å². The second-order valence-corrected chi connectivity index (χ2v) is 6.91. The van der Waals surface area contributed by atoms with Crippen molar-refractivity contribution in [2.75, 3.05) is 18.9 Å². The first-order chi connectivity index (χ1) is 8.22. The molecule has 0 radical (unpaired) electrons. The first-order valence-corrected chi connectivity index (χ1v) is 7.96. The molecular formula is C12H18BrN3S. The summed E-state index contributed by atoms with van der Waals surface area (Å²) in [7, 11) is 2.30. The van der Waals surface area contributed by atoms with Crippen LogP contribution in [0.5, 0.6) is 0 Å². The van der Waals surface area contributed by atoms with E-state index < -0.39 is 0 Å². The van der Waals surface area contributed by atoms with Gasteiger partial charge in [0.15, 0.2) is 5.13 Å². The molecular weight excluding hydrogens is 298 g/mol. The number of nitrogens with one attached hydrogen (secondary N) is 1. The maximum atomic E-state index is 4.38. The van der Waals surface area contributed by atoms with E-state index in [9.17, 15) is 0 Å². The van der Waals surface area contributed by atoms with E-state index in [0.29, 0.717) is 0 Å². The Labute approximate surface area is 115 Å². The van der Waals surface area contributed by atoms with Crippen LogP contribution in [0.25, 0.3) is 0 Å². The van der Waals surface area contributed by atoms with Crippen molar-refractivity contribution in [3.05, 3.63) is 9.98 Å². The molecule has 2 aliphatic heterocycles. The van der Waals surface area contributed by atoms with Gasteiger partial charge in [-0.25, -0.2) is 4.98 Å². The van der Waals surface area contributed by atoms with E-state index in [2.05, 4.69) is 38.2 Å². The number of hydrogen-bond donors (Lipinski definition) is 1. The van der Waals surface area contributed by atoms with Gasteiger partial charge in [0.25, 0.3) is 0 Å². The van der Waals surface area contributed by atoms with Gasteiger partial charge in [-0.15, -0.1) is 11.3 Å². The maximum absolute atomic E-state index is 4.38. The lowest BCUT2D eigenvalue weighted by Crippen LogP contribution is -2.41. The highest BCUT2D eigenvalue weighted by molar-refractivity contribution is 9.10. The summed E-state index contributed by atoms with van der Waals surface area (Å²) in [6, 6.07) is 1.67. The highest BCUT2D eigenvalue weighted by atomic mass is 79.9. The van der Waals surface area contributed by atoms with Crippen LogP contribution >= 0.6 is 27.3 Å². The molecule has 1 aromatic heterocycles. The first kappa shape index (κ1) is 11.9. The summed E-state index contributed by atoms with van der Waals surface area (Å²) in [5.41, 5.74) is 0. The minimum Gasteiger partial charge on any atom is -0.361 e. The Balaban J connectivity index is 1.54. The second kappa shape index (κ2) is 4.86. The van der Waals surface area contributed by atoms with Crippen LogP contribution in [0.4, 0.5) is 5.13 Å². The second-order valence-electron chi connectivity index (χ2n) is 5.24. The predicted molar refractivity (Wildman–Crippen MR) is 75.6 cm³/mol. The number of nitrogens with zero attached hydrogens (tertiary/aromatic N) is 2. The Morgan fingerprint density at radius 1 is 1.47 bits per heavy atom. The zero-order valence-electron chi connectivity index (χ0n) is 10.0. The molecule has 3 nitrogen and oxygen atoms in total. The topological polar surface area (TPSA) is 28.2 Å². The quantitative estimate of drug-likeness (QED) is 0.928. The summed E-state index contributed by atoms with van der Waals surface area (Å²) >= 11 is 5.06. The maximum Gasteiger partial charge on any atom is 0.183 e. The lowest BCUT2D eigenvalue weighted by atomic mass is 9.91. The number of rotatable bonds is 3. The van der Waals surface area contributed by atoms with Crippen LogP contribution in [0.1, 0.15) is 25.7 Å². The van der Waals surface area contributed by atoms with Crippen LogP contribution in [-0.4, -0.2) is 35.6 Å². The zero-order chi connectivity index (χ0) is 11.8. The Hall–Kier alpha value is -0.130. The Bertz CT molecular complexity index is 381. The van der Waals surface area contributed by atoms with Crippen molar-refractivity contribution in [3.8, 4) is 0 Å². The molecule has 1 N–H and O–H groups in total. The van der Waals surface area contributed by atoms with Gasteiger partial charge in [0.1, 0.15) is 4.60 Å². The van der Waals surface area contributed by atoms with Gasteiger partial charge in [-0.05, 0) is 54.6 Å².